The monoisotopic (exact) mass is 840 g/mol. The van der Waals surface area contributed by atoms with Crippen molar-refractivity contribution < 1.29 is 0 Å². The molecule has 1 aliphatic heterocycles. The van der Waals surface area contributed by atoms with E-state index >= 15 is 0 Å². The summed E-state index contributed by atoms with van der Waals surface area (Å²) in [5.74, 6) is 0. The average Bonchev–Trinajstić information content (AvgIpc) is 4.10. The summed E-state index contributed by atoms with van der Waals surface area (Å²) >= 11 is 5.92. The number of hydrogen-bond donors (Lipinski definition) is 0. The molecule has 0 bridgehead atoms. The Kier molecular flexibility index (Phi) is 15.2. The molecule has 0 saturated heterocycles. The van der Waals surface area contributed by atoms with Crippen LogP contribution in [0.2, 0.25) is 0 Å². The van der Waals surface area contributed by atoms with Crippen LogP contribution in [-0.2, 0) is 24.2 Å². The molecule has 298 valence electrons. The maximum absolute atomic E-state index is 9.90. The molecule has 6 aromatic rings. The molecule has 0 unspecified atom stereocenters. The number of aryl methyl sites for hydroxylation is 2. The molecule has 1 aliphatic rings. The van der Waals surface area contributed by atoms with Crippen molar-refractivity contribution in [1.29, 1.82) is 10.5 Å². The fourth-order valence-corrected chi connectivity index (χ4v) is 11.2. The van der Waals surface area contributed by atoms with E-state index in [4.69, 9.17) is 17.5 Å². The zero-order valence-corrected chi connectivity index (χ0v) is 37.1. The summed E-state index contributed by atoms with van der Waals surface area (Å²) in [6.07, 6.45) is 22.2. The van der Waals surface area contributed by atoms with Gasteiger partial charge in [0, 0.05) is 30.6 Å². The molecule has 10 heteroatoms. The van der Waals surface area contributed by atoms with Crippen LogP contribution in [0.15, 0.2) is 69.4 Å². The topological polar surface area (TPSA) is 98.1 Å². The first-order valence-electron chi connectivity index (χ1n) is 21.3. The molecule has 3 aromatic heterocycles. The molecule has 3 aromatic carbocycles. The number of unbranched alkanes of at least 4 members (excludes halogenated alkanes) is 14. The van der Waals surface area contributed by atoms with Crippen LogP contribution in [-0.4, -0.2) is 8.75 Å². The lowest BCUT2D eigenvalue weighted by molar-refractivity contribution is 0.575. The van der Waals surface area contributed by atoms with Crippen LogP contribution in [0.25, 0.3) is 52.8 Å². The molecule has 6 nitrogen and oxygen atoms in total. The lowest BCUT2D eigenvalue weighted by Crippen LogP contribution is -1.92. The van der Waals surface area contributed by atoms with E-state index in [9.17, 15) is 10.5 Å². The Hall–Kier alpha value is -4.32. The van der Waals surface area contributed by atoms with Crippen molar-refractivity contribution in [2.24, 2.45) is 8.73 Å². The van der Waals surface area contributed by atoms with Crippen molar-refractivity contribution in [2.75, 3.05) is 0 Å². The Morgan fingerprint density at radius 1 is 0.483 bits per heavy atom. The van der Waals surface area contributed by atoms with Gasteiger partial charge in [-0.25, -0.2) is 0 Å². The van der Waals surface area contributed by atoms with E-state index in [0.717, 1.165) is 112 Å². The smallest absolute Gasteiger partial charge is 0.116 e. The van der Waals surface area contributed by atoms with Crippen LogP contribution < -0.4 is 0 Å². The van der Waals surface area contributed by atoms with Gasteiger partial charge in [-0.1, -0.05) is 116 Å². The molecule has 0 fully saturated rings. The first-order valence-corrected chi connectivity index (χ1v) is 24.4. The normalized spacial score (nSPS) is 11.9. The Labute approximate surface area is 360 Å². The maximum atomic E-state index is 9.90. The van der Waals surface area contributed by atoms with Gasteiger partial charge in [-0.05, 0) is 96.5 Å². The van der Waals surface area contributed by atoms with E-state index in [2.05, 4.69) is 74.5 Å². The molecule has 7 rings (SSSR count). The number of aromatic nitrogens is 2. The van der Waals surface area contributed by atoms with Gasteiger partial charge in [-0.2, -0.15) is 28.0 Å². The van der Waals surface area contributed by atoms with Crippen LogP contribution in [0.4, 0.5) is 11.4 Å². The highest BCUT2D eigenvalue weighted by Gasteiger charge is 2.28. The summed E-state index contributed by atoms with van der Waals surface area (Å²) in [6, 6.07) is 26.1. The summed E-state index contributed by atoms with van der Waals surface area (Å²) in [4.78, 5) is 4.47. The van der Waals surface area contributed by atoms with E-state index in [1.54, 1.807) is 22.7 Å². The van der Waals surface area contributed by atoms with Gasteiger partial charge in [0.2, 0.25) is 0 Å². The lowest BCUT2D eigenvalue weighted by Gasteiger charge is -2.10. The van der Waals surface area contributed by atoms with E-state index in [-0.39, 0.29) is 0 Å². The summed E-state index contributed by atoms with van der Waals surface area (Å²) in [5, 5.41) is 19.8. The fraction of sp³-hybridized carbons (Fsp3) is 0.417. The van der Waals surface area contributed by atoms with E-state index < -0.39 is 0 Å². The first-order chi connectivity index (χ1) is 28.6. The fourth-order valence-electron chi connectivity index (χ4n) is 8.00. The van der Waals surface area contributed by atoms with Gasteiger partial charge in [-0.15, -0.1) is 22.7 Å². The summed E-state index contributed by atoms with van der Waals surface area (Å²) in [7, 11) is 0. The molecule has 4 heterocycles. The summed E-state index contributed by atoms with van der Waals surface area (Å²) < 4.78 is 19.5. The van der Waals surface area contributed by atoms with Gasteiger partial charge < -0.3 is 0 Å². The Morgan fingerprint density at radius 2 is 0.879 bits per heavy atom. The van der Waals surface area contributed by atoms with Crippen molar-refractivity contribution in [3.8, 4) is 53.9 Å². The zero-order chi connectivity index (χ0) is 40.1. The minimum Gasteiger partial charge on any atom is -0.192 e. The van der Waals surface area contributed by atoms with Gasteiger partial charge in [0.1, 0.15) is 22.4 Å². The van der Waals surface area contributed by atoms with Gasteiger partial charge in [0.15, 0.2) is 0 Å². The number of thiophene rings is 2. The number of fused-ring (bicyclic) bond motifs is 2. The standard InChI is InChI=1S/C48H52N6S4/c1-3-5-7-9-11-13-15-17-19-33-29-35(21-23-37(33)31-49)39-25-27-41(55-39)43-45-47(53-57-51-45)44(48-46(43)52-58-54-48)42-28-26-40(56-42)36-22-24-38(32-50)34(30-36)20-18-16-14-12-10-8-6-4-2/h21-30H,3-20H2,1-2H3. The second-order valence-corrected chi connectivity index (χ2v) is 18.6. The third-order valence-corrected chi connectivity index (χ3v) is 14.6. The number of rotatable bonds is 22. The Bertz CT molecular complexity index is 2320. The lowest BCUT2D eigenvalue weighted by atomic mass is 9.98. The Morgan fingerprint density at radius 3 is 1.29 bits per heavy atom. The van der Waals surface area contributed by atoms with Crippen molar-refractivity contribution in [2.45, 2.75) is 129 Å². The number of nitriles is 2. The third-order valence-electron chi connectivity index (χ3n) is 11.2. The highest BCUT2D eigenvalue weighted by molar-refractivity contribution is 7.58. The number of hydrogen-bond acceptors (Lipinski definition) is 9. The molecule has 0 radical (unpaired) electrons. The molecule has 0 aliphatic carbocycles. The highest BCUT2D eigenvalue weighted by Crippen LogP contribution is 2.54. The summed E-state index contributed by atoms with van der Waals surface area (Å²) in [5.41, 5.74) is 11.5. The number of nitrogens with zero attached hydrogens (tertiary/aromatic N) is 6. The molecule has 0 saturated carbocycles. The highest BCUT2D eigenvalue weighted by atomic mass is 32.1. The van der Waals surface area contributed by atoms with Gasteiger partial charge >= 0.3 is 0 Å². The molecular formula is C48H52N6S4. The molecule has 0 spiro atoms. The minimum atomic E-state index is 0.778. The van der Waals surface area contributed by atoms with Crippen molar-refractivity contribution in [1.82, 2.24) is 8.75 Å². The Balaban J connectivity index is 1.10. The van der Waals surface area contributed by atoms with Crippen molar-refractivity contribution in [3.05, 3.63) is 82.9 Å². The van der Waals surface area contributed by atoms with Crippen LogP contribution in [0.5, 0.6) is 0 Å². The quantitative estimate of drug-likeness (QED) is 0.0635. The number of benzene rings is 3. The second kappa shape index (κ2) is 21.1. The van der Waals surface area contributed by atoms with Crippen molar-refractivity contribution >= 4 is 68.2 Å². The van der Waals surface area contributed by atoms with Crippen LogP contribution in [0, 0.1) is 22.7 Å². The van der Waals surface area contributed by atoms with Gasteiger partial charge in [0.05, 0.1) is 46.3 Å². The van der Waals surface area contributed by atoms with Crippen LogP contribution in [0.1, 0.15) is 139 Å². The first kappa shape index (κ1) is 41.8. The molecule has 0 atom stereocenters. The molecule has 0 N–H and O–H groups in total. The van der Waals surface area contributed by atoms with Gasteiger partial charge in [0.25, 0.3) is 0 Å². The maximum Gasteiger partial charge on any atom is 0.116 e. The minimum absolute atomic E-state index is 0.778. The van der Waals surface area contributed by atoms with Crippen molar-refractivity contribution in [3.63, 3.8) is 0 Å². The SMILES string of the molecule is CCCCCCCCCCc1cc(-c2ccc(-c3c4c(c(-c5ccc(-c6ccc(C#N)c(CCCCCCCCCC)c6)s5)c5nsnc35)N=S=N4)s2)ccc1C#N. The van der Waals surface area contributed by atoms with E-state index in [1.165, 1.54) is 113 Å². The van der Waals surface area contributed by atoms with E-state index in [1.807, 2.05) is 12.1 Å². The second-order valence-electron chi connectivity index (χ2n) is 15.4. The summed E-state index contributed by atoms with van der Waals surface area (Å²) in [6.45, 7) is 4.52. The molecule has 0 amide bonds. The zero-order valence-electron chi connectivity index (χ0n) is 33.8. The largest absolute Gasteiger partial charge is 0.192 e. The predicted molar refractivity (Wildman–Crippen MR) is 249 cm³/mol. The van der Waals surface area contributed by atoms with Gasteiger partial charge in [-0.3, -0.25) is 0 Å². The van der Waals surface area contributed by atoms with Crippen LogP contribution >= 0.6 is 34.4 Å². The molecule has 58 heavy (non-hydrogen) atoms. The predicted octanol–water partition coefficient (Wildman–Crippen LogP) is 16.3. The van der Waals surface area contributed by atoms with Crippen LogP contribution in [0.3, 0.4) is 0 Å². The van der Waals surface area contributed by atoms with E-state index in [0.29, 0.717) is 0 Å². The molecular weight excluding hydrogens is 789 g/mol. The average molecular weight is 841 g/mol. The third kappa shape index (κ3) is 9.92.